The highest BCUT2D eigenvalue weighted by molar-refractivity contribution is 9.10. The van der Waals surface area contributed by atoms with Gasteiger partial charge in [0.15, 0.2) is 0 Å². The van der Waals surface area contributed by atoms with Crippen molar-refractivity contribution < 1.29 is 9.72 Å². The monoisotopic (exact) mass is 362 g/mol. The third-order valence-corrected chi connectivity index (χ3v) is 3.39. The number of amides is 1. The van der Waals surface area contributed by atoms with Crippen molar-refractivity contribution in [2.24, 2.45) is 5.10 Å². The van der Waals surface area contributed by atoms with E-state index in [4.69, 9.17) is 0 Å². The quantitative estimate of drug-likeness (QED) is 0.513. The minimum atomic E-state index is -0.502. The average molecular weight is 363 g/mol. The smallest absolute Gasteiger partial charge is 0.267 e. The molecule has 0 atom stereocenters. The van der Waals surface area contributed by atoms with Crippen LogP contribution in [0.5, 0.6) is 0 Å². The molecule has 0 unspecified atom stereocenters. The summed E-state index contributed by atoms with van der Waals surface area (Å²) in [6.45, 7) is 1.82. The Hall–Kier alpha value is -2.61. The van der Waals surface area contributed by atoms with Crippen molar-refractivity contribution in [3.8, 4) is 0 Å². The summed E-state index contributed by atoms with van der Waals surface area (Å²) in [6, 6.07) is 7.90. The minimum absolute atomic E-state index is 0.0713. The zero-order valence-electron chi connectivity index (χ0n) is 11.5. The molecule has 1 amide bonds. The van der Waals surface area contributed by atoms with Gasteiger partial charge in [-0.05, 0) is 41.1 Å². The van der Waals surface area contributed by atoms with E-state index in [1.165, 1.54) is 18.5 Å². The Morgan fingerprint density at radius 2 is 2.18 bits per heavy atom. The van der Waals surface area contributed by atoms with E-state index in [1.807, 2.05) is 6.92 Å². The van der Waals surface area contributed by atoms with Crippen LogP contribution < -0.4 is 5.43 Å². The van der Waals surface area contributed by atoms with Gasteiger partial charge in [-0.3, -0.25) is 19.9 Å². The van der Waals surface area contributed by atoms with Crippen LogP contribution in [0, 0.1) is 17.0 Å². The Kier molecular flexibility index (Phi) is 4.95. The Labute approximate surface area is 134 Å². The SMILES string of the molecule is Cc1ccc(C(=O)NN=Cc2ccc(Br)c([N+](=O)[O-])c2)cn1. The highest BCUT2D eigenvalue weighted by Crippen LogP contribution is 2.24. The molecule has 2 rings (SSSR count). The molecule has 2 aromatic rings. The molecule has 0 spiro atoms. The molecule has 0 radical (unpaired) electrons. The summed E-state index contributed by atoms with van der Waals surface area (Å²) in [7, 11) is 0. The molecular formula is C14H11BrN4O3. The maximum atomic E-state index is 11.8. The van der Waals surface area contributed by atoms with Gasteiger partial charge in [-0.1, -0.05) is 6.07 Å². The van der Waals surface area contributed by atoms with Gasteiger partial charge >= 0.3 is 0 Å². The van der Waals surface area contributed by atoms with E-state index >= 15 is 0 Å². The maximum absolute atomic E-state index is 11.8. The van der Waals surface area contributed by atoms with Crippen molar-refractivity contribution in [1.82, 2.24) is 10.4 Å². The van der Waals surface area contributed by atoms with Gasteiger partial charge < -0.3 is 0 Å². The summed E-state index contributed by atoms with van der Waals surface area (Å²) in [6.07, 6.45) is 2.78. The molecule has 7 nitrogen and oxygen atoms in total. The zero-order chi connectivity index (χ0) is 16.1. The number of aromatic nitrogens is 1. The number of carbonyl (C=O) groups excluding carboxylic acids is 1. The third-order valence-electron chi connectivity index (χ3n) is 2.72. The Morgan fingerprint density at radius 1 is 1.41 bits per heavy atom. The van der Waals surface area contributed by atoms with Crippen LogP contribution in [-0.4, -0.2) is 22.0 Å². The molecule has 1 aromatic heterocycles. The van der Waals surface area contributed by atoms with Gasteiger partial charge in [-0.2, -0.15) is 5.10 Å². The van der Waals surface area contributed by atoms with E-state index in [1.54, 1.807) is 24.3 Å². The molecule has 1 heterocycles. The highest BCUT2D eigenvalue weighted by atomic mass is 79.9. The molecule has 0 saturated carbocycles. The van der Waals surface area contributed by atoms with Crippen molar-refractivity contribution in [2.75, 3.05) is 0 Å². The number of nitrogens with zero attached hydrogens (tertiary/aromatic N) is 3. The number of nitro benzene ring substituents is 1. The van der Waals surface area contributed by atoms with E-state index < -0.39 is 10.8 Å². The standard InChI is InChI=1S/C14H11BrN4O3/c1-9-2-4-11(8-16-9)14(20)18-17-7-10-3-5-12(15)13(6-10)19(21)22/h2-8H,1H3,(H,18,20). The van der Waals surface area contributed by atoms with Gasteiger partial charge in [0.25, 0.3) is 11.6 Å². The van der Waals surface area contributed by atoms with Crippen molar-refractivity contribution in [2.45, 2.75) is 6.92 Å². The zero-order valence-corrected chi connectivity index (χ0v) is 13.1. The Morgan fingerprint density at radius 3 is 2.82 bits per heavy atom. The van der Waals surface area contributed by atoms with E-state index in [9.17, 15) is 14.9 Å². The number of hydrazone groups is 1. The number of carbonyl (C=O) groups is 1. The summed E-state index contributed by atoms with van der Waals surface area (Å²) < 4.78 is 0.379. The number of pyridine rings is 1. The maximum Gasteiger partial charge on any atom is 0.284 e. The number of hydrogen-bond acceptors (Lipinski definition) is 5. The number of hydrogen-bond donors (Lipinski definition) is 1. The fourth-order valence-electron chi connectivity index (χ4n) is 1.58. The summed E-state index contributed by atoms with van der Waals surface area (Å²) in [5, 5.41) is 14.6. The van der Waals surface area contributed by atoms with Crippen LogP contribution >= 0.6 is 15.9 Å². The van der Waals surface area contributed by atoms with Crippen LogP contribution in [0.25, 0.3) is 0 Å². The van der Waals surface area contributed by atoms with E-state index in [-0.39, 0.29) is 5.69 Å². The molecule has 22 heavy (non-hydrogen) atoms. The summed E-state index contributed by atoms with van der Waals surface area (Å²) in [5.41, 5.74) is 3.95. The van der Waals surface area contributed by atoms with Crippen molar-refractivity contribution in [3.05, 3.63) is 67.9 Å². The van der Waals surface area contributed by atoms with E-state index in [0.29, 0.717) is 15.6 Å². The first-order chi connectivity index (χ1) is 10.5. The van der Waals surface area contributed by atoms with Gasteiger partial charge in [-0.15, -0.1) is 0 Å². The number of nitrogens with one attached hydrogen (secondary N) is 1. The lowest BCUT2D eigenvalue weighted by molar-refractivity contribution is -0.385. The van der Waals surface area contributed by atoms with Crippen LogP contribution in [0.4, 0.5) is 5.69 Å². The molecule has 0 aliphatic heterocycles. The normalized spacial score (nSPS) is 10.6. The number of benzene rings is 1. The molecule has 1 aromatic carbocycles. The number of aryl methyl sites for hydroxylation is 1. The fraction of sp³-hybridized carbons (Fsp3) is 0.0714. The topological polar surface area (TPSA) is 97.5 Å². The van der Waals surface area contributed by atoms with Gasteiger partial charge in [0.1, 0.15) is 0 Å². The molecule has 0 saturated heterocycles. The van der Waals surface area contributed by atoms with E-state index in [0.717, 1.165) is 5.69 Å². The largest absolute Gasteiger partial charge is 0.284 e. The average Bonchev–Trinajstić information content (AvgIpc) is 2.49. The van der Waals surface area contributed by atoms with Crippen molar-refractivity contribution in [3.63, 3.8) is 0 Å². The predicted octanol–water partition coefficient (Wildman–Crippen LogP) is 2.82. The Balaban J connectivity index is 2.06. The van der Waals surface area contributed by atoms with Crippen LogP contribution in [0.3, 0.4) is 0 Å². The van der Waals surface area contributed by atoms with Crippen LogP contribution in [-0.2, 0) is 0 Å². The minimum Gasteiger partial charge on any atom is -0.267 e. The Bertz CT molecular complexity index is 744. The van der Waals surface area contributed by atoms with E-state index in [2.05, 4.69) is 31.4 Å². The molecule has 0 bridgehead atoms. The van der Waals surface area contributed by atoms with Crippen LogP contribution in [0.15, 0.2) is 46.1 Å². The molecule has 112 valence electrons. The molecule has 1 N–H and O–H groups in total. The number of halogens is 1. The first-order valence-corrected chi connectivity index (χ1v) is 6.96. The van der Waals surface area contributed by atoms with Crippen LogP contribution in [0.2, 0.25) is 0 Å². The fourth-order valence-corrected chi connectivity index (χ4v) is 1.97. The number of rotatable bonds is 4. The molecule has 0 fully saturated rings. The molecule has 0 aliphatic carbocycles. The second kappa shape index (κ2) is 6.90. The molecule has 0 aliphatic rings. The lowest BCUT2D eigenvalue weighted by atomic mass is 10.2. The first-order valence-electron chi connectivity index (χ1n) is 6.17. The lowest BCUT2D eigenvalue weighted by Gasteiger charge is -2.00. The van der Waals surface area contributed by atoms with Crippen molar-refractivity contribution >= 4 is 33.7 Å². The summed E-state index contributed by atoms with van der Waals surface area (Å²) >= 11 is 3.10. The highest BCUT2D eigenvalue weighted by Gasteiger charge is 2.11. The van der Waals surface area contributed by atoms with Gasteiger partial charge in [0, 0.05) is 23.5 Å². The van der Waals surface area contributed by atoms with Gasteiger partial charge in [-0.25, -0.2) is 5.43 Å². The molecular weight excluding hydrogens is 352 g/mol. The second-order valence-corrected chi connectivity index (χ2v) is 5.21. The number of nitro groups is 1. The first kappa shape index (κ1) is 15.8. The van der Waals surface area contributed by atoms with Gasteiger partial charge in [0.05, 0.1) is 21.2 Å². The summed E-state index contributed by atoms with van der Waals surface area (Å²) in [5.74, 6) is -0.407. The summed E-state index contributed by atoms with van der Waals surface area (Å²) in [4.78, 5) is 26.1. The lowest BCUT2D eigenvalue weighted by Crippen LogP contribution is -2.17. The van der Waals surface area contributed by atoms with Gasteiger partial charge in [0.2, 0.25) is 0 Å². The third kappa shape index (κ3) is 3.95. The molecule has 8 heteroatoms. The predicted molar refractivity (Wildman–Crippen MR) is 84.8 cm³/mol. The van der Waals surface area contributed by atoms with Crippen molar-refractivity contribution in [1.29, 1.82) is 0 Å². The van der Waals surface area contributed by atoms with Crippen LogP contribution in [0.1, 0.15) is 21.6 Å². The second-order valence-electron chi connectivity index (χ2n) is 4.36.